The molecule has 1 fully saturated rings. The number of piperazine rings is 1. The van der Waals surface area contributed by atoms with Gasteiger partial charge in [-0.25, -0.2) is 0 Å². The maximum absolute atomic E-state index is 12.1. The monoisotopic (exact) mass is 278 g/mol. The van der Waals surface area contributed by atoms with Gasteiger partial charge in [-0.3, -0.25) is 9.69 Å². The minimum Gasteiger partial charge on any atom is -0.495 e. The molecule has 2 rings (SSSR count). The SMILES string of the molecule is COc1ccc(N)cc1NC(=O)CN1CCN(C)CC1. The molecule has 3 N–H and O–H groups in total. The Bertz CT molecular complexity index is 470. The maximum Gasteiger partial charge on any atom is 0.238 e. The van der Waals surface area contributed by atoms with Crippen molar-refractivity contribution in [3.63, 3.8) is 0 Å². The highest BCUT2D eigenvalue weighted by Gasteiger charge is 2.17. The van der Waals surface area contributed by atoms with E-state index in [0.717, 1.165) is 26.2 Å². The summed E-state index contributed by atoms with van der Waals surface area (Å²) < 4.78 is 5.21. The summed E-state index contributed by atoms with van der Waals surface area (Å²) in [6.45, 7) is 4.21. The summed E-state index contributed by atoms with van der Waals surface area (Å²) in [4.78, 5) is 16.5. The lowest BCUT2D eigenvalue weighted by atomic mass is 10.2. The second kappa shape index (κ2) is 6.58. The maximum atomic E-state index is 12.1. The van der Waals surface area contributed by atoms with Crippen LogP contribution in [0.2, 0.25) is 0 Å². The zero-order valence-corrected chi connectivity index (χ0v) is 12.1. The van der Waals surface area contributed by atoms with Crippen LogP contribution in [0, 0.1) is 0 Å². The lowest BCUT2D eigenvalue weighted by Gasteiger charge is -2.31. The van der Waals surface area contributed by atoms with Gasteiger partial charge in [-0.15, -0.1) is 0 Å². The van der Waals surface area contributed by atoms with Crippen molar-refractivity contribution in [1.29, 1.82) is 0 Å². The molecule has 1 amide bonds. The number of amides is 1. The number of benzene rings is 1. The summed E-state index contributed by atoms with van der Waals surface area (Å²) in [7, 11) is 3.66. The molecule has 1 aliphatic rings. The number of hydrogen-bond acceptors (Lipinski definition) is 5. The van der Waals surface area contributed by atoms with Gasteiger partial charge in [0.15, 0.2) is 0 Å². The quantitative estimate of drug-likeness (QED) is 0.783. The van der Waals surface area contributed by atoms with Gasteiger partial charge in [-0.05, 0) is 25.2 Å². The van der Waals surface area contributed by atoms with E-state index in [1.807, 2.05) is 0 Å². The number of carbonyl (C=O) groups is 1. The van der Waals surface area contributed by atoms with Gasteiger partial charge in [0, 0.05) is 31.9 Å². The average molecular weight is 278 g/mol. The van der Waals surface area contributed by atoms with Crippen molar-refractivity contribution in [1.82, 2.24) is 9.80 Å². The van der Waals surface area contributed by atoms with Gasteiger partial charge in [0.25, 0.3) is 0 Å². The minimum atomic E-state index is -0.0431. The van der Waals surface area contributed by atoms with Gasteiger partial charge < -0.3 is 20.7 Å². The number of rotatable bonds is 4. The van der Waals surface area contributed by atoms with Crippen LogP contribution < -0.4 is 15.8 Å². The molecule has 6 nitrogen and oxygen atoms in total. The molecule has 0 aromatic heterocycles. The Hall–Kier alpha value is -1.79. The number of nitrogens with two attached hydrogens (primary N) is 1. The number of anilines is 2. The van der Waals surface area contributed by atoms with E-state index in [4.69, 9.17) is 10.5 Å². The topological polar surface area (TPSA) is 70.8 Å². The van der Waals surface area contributed by atoms with Gasteiger partial charge in [0.2, 0.25) is 5.91 Å². The fraction of sp³-hybridized carbons (Fsp3) is 0.500. The molecule has 1 saturated heterocycles. The first-order valence-corrected chi connectivity index (χ1v) is 6.73. The van der Waals surface area contributed by atoms with Crippen molar-refractivity contribution in [2.45, 2.75) is 0 Å². The van der Waals surface area contributed by atoms with Gasteiger partial charge in [0.05, 0.1) is 19.3 Å². The summed E-state index contributed by atoms with van der Waals surface area (Å²) in [6.07, 6.45) is 0. The summed E-state index contributed by atoms with van der Waals surface area (Å²) >= 11 is 0. The Morgan fingerprint density at radius 3 is 2.70 bits per heavy atom. The number of nitrogens with one attached hydrogen (secondary N) is 1. The van der Waals surface area contributed by atoms with E-state index in [1.165, 1.54) is 0 Å². The fourth-order valence-corrected chi connectivity index (χ4v) is 2.22. The summed E-state index contributed by atoms with van der Waals surface area (Å²) in [5.41, 5.74) is 6.95. The first-order valence-electron chi connectivity index (χ1n) is 6.73. The van der Waals surface area contributed by atoms with E-state index in [0.29, 0.717) is 23.7 Å². The third-order valence-electron chi connectivity index (χ3n) is 3.46. The summed E-state index contributed by atoms with van der Waals surface area (Å²) in [6, 6.07) is 5.20. The Balaban J connectivity index is 1.92. The summed E-state index contributed by atoms with van der Waals surface area (Å²) in [5.74, 6) is 0.574. The molecule has 0 saturated carbocycles. The van der Waals surface area contributed by atoms with Crippen LogP contribution in [0.4, 0.5) is 11.4 Å². The van der Waals surface area contributed by atoms with E-state index >= 15 is 0 Å². The Morgan fingerprint density at radius 1 is 1.35 bits per heavy atom. The van der Waals surface area contributed by atoms with Gasteiger partial charge >= 0.3 is 0 Å². The zero-order chi connectivity index (χ0) is 14.5. The molecule has 1 aliphatic heterocycles. The highest BCUT2D eigenvalue weighted by atomic mass is 16.5. The fourth-order valence-electron chi connectivity index (χ4n) is 2.22. The normalized spacial score (nSPS) is 16.9. The number of methoxy groups -OCH3 is 1. The van der Waals surface area contributed by atoms with Crippen LogP contribution >= 0.6 is 0 Å². The first-order chi connectivity index (χ1) is 9.58. The molecule has 0 unspecified atom stereocenters. The lowest BCUT2D eigenvalue weighted by molar-refractivity contribution is -0.117. The molecule has 0 spiro atoms. The zero-order valence-electron chi connectivity index (χ0n) is 12.1. The predicted molar refractivity (Wildman–Crippen MR) is 80.0 cm³/mol. The number of nitrogens with zero attached hydrogens (tertiary/aromatic N) is 2. The molecule has 1 heterocycles. The van der Waals surface area contributed by atoms with E-state index in [9.17, 15) is 4.79 Å². The van der Waals surface area contributed by atoms with Crippen LogP contribution in [-0.2, 0) is 4.79 Å². The number of carbonyl (C=O) groups excluding carboxylic acids is 1. The van der Waals surface area contributed by atoms with Crippen LogP contribution in [0.5, 0.6) is 5.75 Å². The molecule has 6 heteroatoms. The van der Waals surface area contributed by atoms with Crippen LogP contribution in [0.1, 0.15) is 0 Å². The molecular weight excluding hydrogens is 256 g/mol. The highest BCUT2D eigenvalue weighted by molar-refractivity contribution is 5.94. The highest BCUT2D eigenvalue weighted by Crippen LogP contribution is 2.26. The average Bonchev–Trinajstić information content (AvgIpc) is 2.41. The van der Waals surface area contributed by atoms with Crippen molar-refractivity contribution in [2.75, 3.05) is 57.9 Å². The third-order valence-corrected chi connectivity index (χ3v) is 3.46. The number of nitrogen functional groups attached to an aromatic ring is 1. The molecule has 0 aliphatic carbocycles. The second-order valence-electron chi connectivity index (χ2n) is 5.09. The van der Waals surface area contributed by atoms with Crippen LogP contribution in [0.3, 0.4) is 0 Å². The van der Waals surface area contributed by atoms with Crippen molar-refractivity contribution < 1.29 is 9.53 Å². The Kier molecular flexibility index (Phi) is 4.81. The Morgan fingerprint density at radius 2 is 2.05 bits per heavy atom. The number of ether oxygens (including phenoxy) is 1. The minimum absolute atomic E-state index is 0.0431. The van der Waals surface area contributed by atoms with Gasteiger partial charge in [-0.1, -0.05) is 0 Å². The van der Waals surface area contributed by atoms with Crippen molar-refractivity contribution >= 4 is 17.3 Å². The summed E-state index contributed by atoms with van der Waals surface area (Å²) in [5, 5.41) is 2.86. The molecule has 0 bridgehead atoms. The van der Waals surface area contributed by atoms with E-state index in [-0.39, 0.29) is 5.91 Å². The molecular formula is C14H22N4O2. The largest absolute Gasteiger partial charge is 0.495 e. The van der Waals surface area contributed by atoms with Crippen molar-refractivity contribution in [3.05, 3.63) is 18.2 Å². The third kappa shape index (κ3) is 3.85. The van der Waals surface area contributed by atoms with Crippen molar-refractivity contribution in [2.24, 2.45) is 0 Å². The molecule has 1 aromatic rings. The van der Waals surface area contributed by atoms with E-state index in [1.54, 1.807) is 25.3 Å². The van der Waals surface area contributed by atoms with Crippen LogP contribution in [0.25, 0.3) is 0 Å². The Labute approximate surface area is 119 Å². The molecule has 110 valence electrons. The predicted octanol–water partition coefficient (Wildman–Crippen LogP) is 0.463. The number of likely N-dealkylation sites (N-methyl/N-ethyl adjacent to an activating group) is 1. The molecule has 0 atom stereocenters. The lowest BCUT2D eigenvalue weighted by Crippen LogP contribution is -2.47. The van der Waals surface area contributed by atoms with E-state index < -0.39 is 0 Å². The van der Waals surface area contributed by atoms with Gasteiger partial charge in [0.1, 0.15) is 5.75 Å². The van der Waals surface area contributed by atoms with Crippen LogP contribution in [-0.4, -0.2) is 62.6 Å². The number of hydrogen-bond donors (Lipinski definition) is 2. The van der Waals surface area contributed by atoms with Gasteiger partial charge in [-0.2, -0.15) is 0 Å². The smallest absolute Gasteiger partial charge is 0.238 e. The van der Waals surface area contributed by atoms with Crippen LogP contribution in [0.15, 0.2) is 18.2 Å². The molecule has 1 aromatic carbocycles. The first kappa shape index (κ1) is 14.6. The standard InChI is InChI=1S/C14H22N4O2/c1-17-5-7-18(8-6-17)10-14(19)16-12-9-11(15)3-4-13(12)20-2/h3-4,9H,5-8,10,15H2,1-2H3,(H,16,19). The second-order valence-corrected chi connectivity index (χ2v) is 5.09. The molecule has 20 heavy (non-hydrogen) atoms. The van der Waals surface area contributed by atoms with E-state index in [2.05, 4.69) is 22.2 Å². The van der Waals surface area contributed by atoms with Crippen molar-refractivity contribution in [3.8, 4) is 5.75 Å². The molecule has 0 radical (unpaired) electrons.